The second-order valence-corrected chi connectivity index (χ2v) is 6.96. The summed E-state index contributed by atoms with van der Waals surface area (Å²) >= 11 is 0. The summed E-state index contributed by atoms with van der Waals surface area (Å²) in [7, 11) is 0. The minimum atomic E-state index is -0.294. The fraction of sp³-hybridized carbons (Fsp3) is 0.250. The number of nitrogens with one attached hydrogen (secondary N) is 1. The summed E-state index contributed by atoms with van der Waals surface area (Å²) in [6.45, 7) is 4.26. The maximum atomic E-state index is 12.3. The number of aromatic nitrogens is 1. The molecular formula is C24H26N2O3. The van der Waals surface area contributed by atoms with Gasteiger partial charge in [0.15, 0.2) is 0 Å². The van der Waals surface area contributed by atoms with Gasteiger partial charge in [-0.1, -0.05) is 66.7 Å². The lowest BCUT2D eigenvalue weighted by Gasteiger charge is -2.19. The van der Waals surface area contributed by atoms with Crippen molar-refractivity contribution in [3.05, 3.63) is 95.7 Å². The van der Waals surface area contributed by atoms with Gasteiger partial charge >= 0.3 is 0 Å². The maximum absolute atomic E-state index is 12.3. The average Bonchev–Trinajstić information content (AvgIpc) is 2.74. The molecular weight excluding hydrogens is 364 g/mol. The Labute approximate surface area is 171 Å². The first-order valence-electron chi connectivity index (χ1n) is 9.71. The lowest BCUT2D eigenvalue weighted by atomic mass is 10.0. The van der Waals surface area contributed by atoms with Crippen LogP contribution in [-0.2, 0) is 16.1 Å². The van der Waals surface area contributed by atoms with Crippen LogP contribution in [0.15, 0.2) is 79.0 Å². The van der Waals surface area contributed by atoms with Gasteiger partial charge in [0.1, 0.15) is 12.7 Å². The molecule has 150 valence electrons. The van der Waals surface area contributed by atoms with E-state index in [-0.39, 0.29) is 24.7 Å². The van der Waals surface area contributed by atoms with E-state index < -0.39 is 0 Å². The molecule has 29 heavy (non-hydrogen) atoms. The molecule has 0 aliphatic rings. The number of carbonyl (C=O) groups is 1. The molecule has 0 spiro atoms. The van der Waals surface area contributed by atoms with Gasteiger partial charge in [-0.15, -0.1) is 0 Å². The van der Waals surface area contributed by atoms with Gasteiger partial charge < -0.3 is 14.8 Å². The number of benzene rings is 2. The molecule has 0 atom stereocenters. The number of ether oxygens (including phenoxy) is 2. The van der Waals surface area contributed by atoms with Crippen molar-refractivity contribution in [2.75, 3.05) is 6.61 Å². The molecule has 0 saturated carbocycles. The lowest BCUT2D eigenvalue weighted by molar-refractivity contribution is -0.127. The summed E-state index contributed by atoms with van der Waals surface area (Å²) in [4.78, 5) is 16.6. The van der Waals surface area contributed by atoms with E-state index in [0.29, 0.717) is 12.4 Å². The van der Waals surface area contributed by atoms with Crippen molar-refractivity contribution in [1.82, 2.24) is 10.3 Å². The molecule has 5 nitrogen and oxygen atoms in total. The Hall–Kier alpha value is -3.18. The van der Waals surface area contributed by atoms with E-state index >= 15 is 0 Å². The third-order valence-electron chi connectivity index (χ3n) is 4.23. The highest BCUT2D eigenvalue weighted by atomic mass is 16.5. The van der Waals surface area contributed by atoms with E-state index in [2.05, 4.69) is 10.3 Å². The first-order chi connectivity index (χ1) is 14.1. The van der Waals surface area contributed by atoms with Crippen molar-refractivity contribution in [3.8, 4) is 5.88 Å². The van der Waals surface area contributed by atoms with Crippen LogP contribution in [-0.4, -0.2) is 23.6 Å². The predicted molar refractivity (Wildman–Crippen MR) is 113 cm³/mol. The molecule has 3 aromatic rings. The average molecular weight is 390 g/mol. The summed E-state index contributed by atoms with van der Waals surface area (Å²) in [5, 5.41) is 2.87. The lowest BCUT2D eigenvalue weighted by Crippen LogP contribution is -2.28. The maximum Gasteiger partial charge on any atom is 0.246 e. The van der Waals surface area contributed by atoms with Gasteiger partial charge in [0.2, 0.25) is 11.8 Å². The van der Waals surface area contributed by atoms with Crippen LogP contribution in [0.1, 0.15) is 36.6 Å². The minimum absolute atomic E-state index is 0.0313. The Morgan fingerprint density at radius 1 is 0.931 bits per heavy atom. The van der Waals surface area contributed by atoms with E-state index in [4.69, 9.17) is 9.47 Å². The zero-order chi connectivity index (χ0) is 20.5. The molecule has 2 aromatic carbocycles. The predicted octanol–water partition coefficient (Wildman–Crippen LogP) is 4.29. The molecule has 0 bridgehead atoms. The molecule has 0 fully saturated rings. The minimum Gasteiger partial charge on any atom is -0.475 e. The number of hydrogen-bond donors (Lipinski definition) is 1. The number of pyridine rings is 1. The Bertz CT molecular complexity index is 842. The third-order valence-corrected chi connectivity index (χ3v) is 4.23. The number of amides is 1. The van der Waals surface area contributed by atoms with Crippen molar-refractivity contribution in [2.45, 2.75) is 32.6 Å². The summed E-state index contributed by atoms with van der Waals surface area (Å²) in [5.74, 6) is 0.399. The van der Waals surface area contributed by atoms with Crippen molar-refractivity contribution >= 4 is 5.91 Å². The normalized spacial score (nSPS) is 10.9. The number of rotatable bonds is 9. The van der Waals surface area contributed by atoms with Crippen molar-refractivity contribution in [3.63, 3.8) is 0 Å². The molecule has 1 aromatic heterocycles. The van der Waals surface area contributed by atoms with E-state index in [1.807, 2.05) is 80.6 Å². The second-order valence-electron chi connectivity index (χ2n) is 6.96. The molecule has 0 aliphatic heterocycles. The molecule has 3 rings (SSSR count). The molecule has 1 heterocycles. The topological polar surface area (TPSA) is 60.5 Å². The smallest absolute Gasteiger partial charge is 0.246 e. The van der Waals surface area contributed by atoms with E-state index in [9.17, 15) is 4.79 Å². The monoisotopic (exact) mass is 390 g/mol. The fourth-order valence-electron chi connectivity index (χ4n) is 2.88. The Morgan fingerprint density at radius 3 is 2.07 bits per heavy atom. The van der Waals surface area contributed by atoms with Crippen molar-refractivity contribution in [1.29, 1.82) is 0 Å². The highest BCUT2D eigenvalue weighted by molar-refractivity contribution is 5.77. The summed E-state index contributed by atoms with van der Waals surface area (Å²) in [5.41, 5.74) is 2.92. The molecule has 1 N–H and O–H groups in total. The zero-order valence-corrected chi connectivity index (χ0v) is 16.7. The molecule has 0 unspecified atom stereocenters. The standard InChI is InChI=1S/C24H26N2O3/c1-18(2)29-23-14-13-19(16-26-23)15-25-22(27)17-28-24(20-9-5-3-6-10-20)21-11-7-4-8-12-21/h3-14,16,18,24H,15,17H2,1-2H3,(H,25,27). The van der Waals surface area contributed by atoms with Crippen LogP contribution in [0.5, 0.6) is 5.88 Å². The van der Waals surface area contributed by atoms with Crippen molar-refractivity contribution < 1.29 is 14.3 Å². The zero-order valence-electron chi connectivity index (χ0n) is 16.7. The highest BCUT2D eigenvalue weighted by Crippen LogP contribution is 2.25. The van der Waals surface area contributed by atoms with Crippen LogP contribution >= 0.6 is 0 Å². The van der Waals surface area contributed by atoms with Gasteiger partial charge in [0.25, 0.3) is 0 Å². The van der Waals surface area contributed by atoms with Crippen LogP contribution in [0, 0.1) is 0 Å². The van der Waals surface area contributed by atoms with Gasteiger partial charge in [-0.2, -0.15) is 0 Å². The molecule has 5 heteroatoms. The van der Waals surface area contributed by atoms with E-state index in [0.717, 1.165) is 16.7 Å². The van der Waals surface area contributed by atoms with Gasteiger partial charge in [-0.25, -0.2) is 4.98 Å². The molecule has 1 amide bonds. The van der Waals surface area contributed by atoms with E-state index in [1.54, 1.807) is 12.3 Å². The molecule has 0 aliphatic carbocycles. The number of hydrogen-bond acceptors (Lipinski definition) is 4. The van der Waals surface area contributed by atoms with Crippen LogP contribution in [0.3, 0.4) is 0 Å². The van der Waals surface area contributed by atoms with Crippen LogP contribution in [0.2, 0.25) is 0 Å². The first-order valence-corrected chi connectivity index (χ1v) is 9.71. The molecule has 0 saturated heterocycles. The Kier molecular flexibility index (Phi) is 7.36. The van der Waals surface area contributed by atoms with E-state index in [1.165, 1.54) is 0 Å². The SMILES string of the molecule is CC(C)Oc1ccc(CNC(=O)COC(c2ccccc2)c2ccccc2)cn1. The number of nitrogens with zero attached hydrogens (tertiary/aromatic N) is 1. The van der Waals surface area contributed by atoms with Gasteiger partial charge in [-0.05, 0) is 30.5 Å². The van der Waals surface area contributed by atoms with Gasteiger partial charge in [0, 0.05) is 18.8 Å². The van der Waals surface area contributed by atoms with Crippen LogP contribution in [0.4, 0.5) is 0 Å². The summed E-state index contributed by atoms with van der Waals surface area (Å²) < 4.78 is 11.5. The van der Waals surface area contributed by atoms with Gasteiger partial charge in [0.05, 0.1) is 6.10 Å². The largest absolute Gasteiger partial charge is 0.475 e. The third kappa shape index (κ3) is 6.43. The highest BCUT2D eigenvalue weighted by Gasteiger charge is 2.16. The second kappa shape index (κ2) is 10.4. The first kappa shape index (κ1) is 20.6. The molecule has 0 radical (unpaired) electrons. The Balaban J connectivity index is 1.55. The van der Waals surface area contributed by atoms with Crippen molar-refractivity contribution in [2.24, 2.45) is 0 Å². The Morgan fingerprint density at radius 2 is 1.55 bits per heavy atom. The van der Waals surface area contributed by atoms with Crippen LogP contribution < -0.4 is 10.1 Å². The fourth-order valence-corrected chi connectivity index (χ4v) is 2.88. The number of carbonyl (C=O) groups excluding carboxylic acids is 1. The van der Waals surface area contributed by atoms with Gasteiger partial charge in [-0.3, -0.25) is 4.79 Å². The quantitative estimate of drug-likeness (QED) is 0.592. The van der Waals surface area contributed by atoms with Crippen LogP contribution in [0.25, 0.3) is 0 Å². The summed E-state index contributed by atoms with van der Waals surface area (Å²) in [6, 6.07) is 23.5. The summed E-state index contributed by atoms with van der Waals surface area (Å²) in [6.07, 6.45) is 1.49.